The second-order valence-corrected chi connectivity index (χ2v) is 15.7. The van der Waals surface area contributed by atoms with Crippen LogP contribution in [0.25, 0.3) is 0 Å². The quantitative estimate of drug-likeness (QED) is 0.162. The Kier molecular flexibility index (Phi) is 12.7. The van der Waals surface area contributed by atoms with Crippen LogP contribution in [0.15, 0.2) is 72.8 Å². The van der Waals surface area contributed by atoms with Crippen molar-refractivity contribution in [2.75, 3.05) is 19.8 Å². The molecule has 4 aromatic rings. The van der Waals surface area contributed by atoms with Crippen LogP contribution in [0.2, 0.25) is 10.0 Å². The first kappa shape index (κ1) is 40.8. The first-order valence-electron chi connectivity index (χ1n) is 18.4. The predicted octanol–water partition coefficient (Wildman–Crippen LogP) is 9.12. The van der Waals surface area contributed by atoms with E-state index in [4.69, 9.17) is 43.7 Å². The SMILES string of the molecule is C.N#CC[C@@H]1CC[C@@]2(Cc3ccc(Cl)cc3)c3c(F)ccc(F)c3OC[C@H]2N1.NCC[C@@H]1CC[C@@]2(Cc3ccc(Cl)cc3)c3c(F)ccc(F)c3OC[C@H]2N1. The lowest BCUT2D eigenvalue weighted by atomic mass is 9.63. The lowest BCUT2D eigenvalue weighted by Crippen LogP contribution is -2.62. The summed E-state index contributed by atoms with van der Waals surface area (Å²) in [5.74, 6) is -1.85. The largest absolute Gasteiger partial charge is 0.488 e. The molecule has 2 saturated heterocycles. The zero-order chi connectivity index (χ0) is 38.0. The Morgan fingerprint density at radius 2 is 1.09 bits per heavy atom. The van der Waals surface area contributed by atoms with Gasteiger partial charge in [-0.05, 0) is 111 Å². The number of nitrogens with one attached hydrogen (secondary N) is 2. The van der Waals surface area contributed by atoms with Crippen LogP contribution in [0.1, 0.15) is 68.2 Å². The third-order valence-corrected chi connectivity index (χ3v) is 12.2. The first-order valence-corrected chi connectivity index (χ1v) is 19.1. The molecule has 4 aliphatic heterocycles. The molecular weight excluding hydrogens is 751 g/mol. The highest BCUT2D eigenvalue weighted by Crippen LogP contribution is 2.50. The average Bonchev–Trinajstić information content (AvgIpc) is 3.17. The number of nitriles is 1. The maximum Gasteiger partial charge on any atom is 0.165 e. The monoisotopic (exact) mass is 796 g/mol. The number of rotatable bonds is 7. The van der Waals surface area contributed by atoms with Crippen molar-refractivity contribution in [3.05, 3.63) is 128 Å². The average molecular weight is 798 g/mol. The van der Waals surface area contributed by atoms with Crippen LogP contribution >= 0.6 is 23.2 Å². The van der Waals surface area contributed by atoms with Gasteiger partial charge in [-0.3, -0.25) is 0 Å². The second kappa shape index (κ2) is 17.1. The summed E-state index contributed by atoms with van der Waals surface area (Å²) in [5, 5.41) is 17.4. The van der Waals surface area contributed by atoms with Crippen LogP contribution in [0.4, 0.5) is 17.6 Å². The van der Waals surface area contributed by atoms with Crippen LogP contribution in [-0.4, -0.2) is 43.9 Å². The van der Waals surface area contributed by atoms with Crippen molar-refractivity contribution in [1.82, 2.24) is 10.6 Å². The number of fused-ring (bicyclic) bond motifs is 6. The minimum absolute atomic E-state index is 0. The summed E-state index contributed by atoms with van der Waals surface area (Å²) in [5.41, 5.74) is 7.21. The number of hydrogen-bond acceptors (Lipinski definition) is 6. The molecule has 55 heavy (non-hydrogen) atoms. The van der Waals surface area contributed by atoms with E-state index in [-0.39, 0.29) is 49.7 Å². The molecule has 0 unspecified atom stereocenters. The van der Waals surface area contributed by atoms with Crippen molar-refractivity contribution in [3.63, 3.8) is 0 Å². The van der Waals surface area contributed by atoms with E-state index in [0.717, 1.165) is 42.5 Å². The van der Waals surface area contributed by atoms with E-state index in [1.807, 2.05) is 36.4 Å². The fraction of sp³-hybridized carbons (Fsp3) is 0.419. The maximum absolute atomic E-state index is 15.0. The van der Waals surface area contributed by atoms with Crippen molar-refractivity contribution in [2.24, 2.45) is 5.73 Å². The topological polar surface area (TPSA) is 92.3 Å². The highest BCUT2D eigenvalue weighted by Gasteiger charge is 2.52. The van der Waals surface area contributed by atoms with Crippen LogP contribution in [0, 0.1) is 34.6 Å². The molecule has 6 atom stereocenters. The number of hydrogen-bond donors (Lipinski definition) is 3. The Labute approximate surface area is 330 Å². The Morgan fingerprint density at radius 3 is 1.53 bits per heavy atom. The van der Waals surface area contributed by atoms with E-state index < -0.39 is 34.1 Å². The van der Waals surface area contributed by atoms with Gasteiger partial charge in [0.25, 0.3) is 0 Å². The molecule has 0 aliphatic carbocycles. The van der Waals surface area contributed by atoms with Gasteiger partial charge >= 0.3 is 0 Å². The van der Waals surface area contributed by atoms with E-state index in [1.54, 1.807) is 12.1 Å². The van der Waals surface area contributed by atoms with Crippen molar-refractivity contribution in [1.29, 1.82) is 5.26 Å². The first-order chi connectivity index (χ1) is 26.1. The Hall–Kier alpha value is -3.85. The third kappa shape index (κ3) is 8.05. The molecule has 0 spiro atoms. The molecule has 4 heterocycles. The van der Waals surface area contributed by atoms with Crippen molar-refractivity contribution in [2.45, 2.75) is 93.8 Å². The smallest absolute Gasteiger partial charge is 0.165 e. The lowest BCUT2D eigenvalue weighted by Gasteiger charge is -2.51. The van der Waals surface area contributed by atoms with Crippen LogP contribution in [-0.2, 0) is 23.7 Å². The number of nitrogens with zero attached hydrogens (tertiary/aromatic N) is 1. The van der Waals surface area contributed by atoms with E-state index in [2.05, 4.69) is 16.7 Å². The molecule has 0 amide bonds. The van der Waals surface area contributed by atoms with Gasteiger partial charge in [0.05, 0.1) is 24.6 Å². The summed E-state index contributed by atoms with van der Waals surface area (Å²) in [6.07, 6.45) is 5.33. The van der Waals surface area contributed by atoms with E-state index in [1.165, 1.54) is 12.1 Å². The number of piperidine rings is 2. The van der Waals surface area contributed by atoms with Crippen molar-refractivity contribution in [3.8, 4) is 17.6 Å². The molecule has 4 aliphatic rings. The van der Waals surface area contributed by atoms with Gasteiger partial charge in [-0.2, -0.15) is 5.26 Å². The summed E-state index contributed by atoms with van der Waals surface area (Å²) in [7, 11) is 0. The van der Waals surface area contributed by atoms with Gasteiger partial charge in [-0.1, -0.05) is 54.9 Å². The minimum atomic E-state index is -0.639. The summed E-state index contributed by atoms with van der Waals surface area (Å²) >= 11 is 12.0. The van der Waals surface area contributed by atoms with Crippen molar-refractivity contribution >= 4 is 23.2 Å². The highest BCUT2D eigenvalue weighted by molar-refractivity contribution is 6.30. The molecule has 8 rings (SSSR count). The zero-order valence-electron chi connectivity index (χ0n) is 29.6. The van der Waals surface area contributed by atoms with E-state index in [9.17, 15) is 17.6 Å². The van der Waals surface area contributed by atoms with Gasteiger partial charge in [0, 0.05) is 44.1 Å². The van der Waals surface area contributed by atoms with Crippen LogP contribution < -0.4 is 25.8 Å². The van der Waals surface area contributed by atoms with Gasteiger partial charge in [0.2, 0.25) is 0 Å². The number of nitrogens with two attached hydrogens (primary N) is 1. The normalized spacial score (nSPS) is 26.1. The fourth-order valence-electron chi connectivity index (χ4n) is 9.12. The van der Waals surface area contributed by atoms with Gasteiger partial charge in [0.15, 0.2) is 23.1 Å². The Balaban J connectivity index is 0.000000184. The molecule has 12 heteroatoms. The molecule has 0 aromatic heterocycles. The van der Waals surface area contributed by atoms with Crippen molar-refractivity contribution < 1.29 is 27.0 Å². The van der Waals surface area contributed by atoms with E-state index >= 15 is 0 Å². The standard InChI is InChI=1S/C21H23ClF2N2O.C21H19ClF2N2O.CH4/c2*22-14-3-1-13(2-4-14)11-21-9-7-15(8-10-25)26-18(21)12-27-20-17(24)6-5-16(23)19(20)21;/h1-6,15,18,26H,7-12,25H2;1-6,15,18,26H,7-9,11-12H2;1H4/t2*15-,18+,21-;/m00./s1. The molecular formula is C43H46Cl2F4N4O2. The highest BCUT2D eigenvalue weighted by atomic mass is 35.5. The van der Waals surface area contributed by atoms with Gasteiger partial charge in [0.1, 0.15) is 24.8 Å². The predicted molar refractivity (Wildman–Crippen MR) is 208 cm³/mol. The molecule has 2 fully saturated rings. The van der Waals surface area contributed by atoms with Gasteiger partial charge in [-0.15, -0.1) is 0 Å². The molecule has 0 bridgehead atoms. The number of ether oxygens (including phenoxy) is 2. The van der Waals surface area contributed by atoms with Crippen LogP contribution in [0.5, 0.6) is 11.5 Å². The second-order valence-electron chi connectivity index (χ2n) is 14.9. The third-order valence-electron chi connectivity index (χ3n) is 11.7. The summed E-state index contributed by atoms with van der Waals surface area (Å²) in [6.45, 7) is 1.14. The molecule has 0 saturated carbocycles. The molecule has 292 valence electrons. The summed E-state index contributed by atoms with van der Waals surface area (Å²) in [6, 6.07) is 21.8. The summed E-state index contributed by atoms with van der Waals surface area (Å²) in [4.78, 5) is 0. The molecule has 4 aromatic carbocycles. The maximum atomic E-state index is 15.0. The summed E-state index contributed by atoms with van der Waals surface area (Å²) < 4.78 is 70.0. The van der Waals surface area contributed by atoms with E-state index in [0.29, 0.717) is 66.4 Å². The number of benzene rings is 4. The minimum Gasteiger partial charge on any atom is -0.488 e. The Morgan fingerprint density at radius 1 is 0.673 bits per heavy atom. The molecule has 6 nitrogen and oxygen atoms in total. The fourth-order valence-corrected chi connectivity index (χ4v) is 9.38. The zero-order valence-corrected chi connectivity index (χ0v) is 31.1. The molecule has 0 radical (unpaired) electrons. The lowest BCUT2D eigenvalue weighted by molar-refractivity contribution is 0.0917. The molecule has 4 N–H and O–H groups in total. The van der Waals surface area contributed by atoms with Crippen LogP contribution in [0.3, 0.4) is 0 Å². The van der Waals surface area contributed by atoms with Gasteiger partial charge in [-0.25, -0.2) is 17.6 Å². The van der Waals surface area contributed by atoms with Gasteiger partial charge < -0.3 is 25.8 Å². The Bertz CT molecular complexity index is 2010. The number of halogens is 6.